The van der Waals surface area contributed by atoms with Crippen molar-refractivity contribution in [2.45, 2.75) is 77.4 Å². The van der Waals surface area contributed by atoms with Crippen molar-refractivity contribution in [2.24, 2.45) is 28.6 Å². The minimum atomic E-state index is -0.506. The van der Waals surface area contributed by atoms with Gasteiger partial charge in [0.05, 0.1) is 12.2 Å². The molecule has 0 heterocycles. The van der Waals surface area contributed by atoms with Crippen molar-refractivity contribution in [2.75, 3.05) is 0 Å². The zero-order valence-corrected chi connectivity index (χ0v) is 13.5. The van der Waals surface area contributed by atoms with Crippen LogP contribution in [0.3, 0.4) is 0 Å². The fourth-order valence-corrected chi connectivity index (χ4v) is 6.69. The van der Waals surface area contributed by atoms with Crippen molar-refractivity contribution in [3.63, 3.8) is 0 Å². The summed E-state index contributed by atoms with van der Waals surface area (Å²) >= 11 is 0. The van der Waals surface area contributed by atoms with Gasteiger partial charge in [0, 0.05) is 0 Å². The first-order chi connectivity index (χ1) is 9.97. The molecule has 3 saturated carbocycles. The molecule has 0 aromatic rings. The summed E-state index contributed by atoms with van der Waals surface area (Å²) in [4.78, 5) is 0. The Kier molecular flexibility index (Phi) is 3.11. The quantitative estimate of drug-likeness (QED) is 0.668. The Morgan fingerprint density at radius 1 is 1.10 bits per heavy atom. The molecule has 7 atom stereocenters. The van der Waals surface area contributed by atoms with Crippen LogP contribution < -0.4 is 0 Å². The van der Waals surface area contributed by atoms with Gasteiger partial charge in [0.1, 0.15) is 0 Å². The summed E-state index contributed by atoms with van der Waals surface area (Å²) in [5.41, 5.74) is 2.11. The Bertz CT molecular complexity index is 470. The molecule has 2 N–H and O–H groups in total. The lowest BCUT2D eigenvalue weighted by atomic mass is 9.48. The Morgan fingerprint density at radius 2 is 1.90 bits per heavy atom. The number of aliphatic hydroxyl groups excluding tert-OH is 2. The molecular formula is C19H30O2. The lowest BCUT2D eigenvalue weighted by Crippen LogP contribution is -2.50. The van der Waals surface area contributed by atoms with Gasteiger partial charge in [-0.1, -0.05) is 31.9 Å². The van der Waals surface area contributed by atoms with Crippen molar-refractivity contribution < 1.29 is 10.2 Å². The molecule has 118 valence electrons. The molecule has 0 radical (unpaired) electrons. The second-order valence-corrected chi connectivity index (χ2v) is 8.76. The third-order valence-electron chi connectivity index (χ3n) is 7.99. The van der Waals surface area contributed by atoms with E-state index in [-0.39, 0.29) is 5.41 Å². The molecule has 4 aliphatic rings. The maximum absolute atomic E-state index is 10.5. The standard InChI is InChI=1S/C19H30O2/c1-18-9-4-3-5-12(18)6-7-13-14(18)8-10-19(2)15(13)11-16(20)17(19)21/h6,13-17,20-21H,3-5,7-11H2,1-2H3/t13-,14+,15+,16-,17-,18+,19+/m1/s1. The van der Waals surface area contributed by atoms with Crippen LogP contribution in [0.15, 0.2) is 11.6 Å². The first-order valence-corrected chi connectivity index (χ1v) is 9.02. The summed E-state index contributed by atoms with van der Waals surface area (Å²) in [6.07, 6.45) is 11.3. The molecule has 0 bridgehead atoms. The van der Waals surface area contributed by atoms with Gasteiger partial charge in [-0.05, 0) is 73.5 Å². The average Bonchev–Trinajstić information content (AvgIpc) is 2.70. The van der Waals surface area contributed by atoms with Crippen molar-refractivity contribution in [1.29, 1.82) is 0 Å². The third-order valence-corrected chi connectivity index (χ3v) is 7.99. The number of allylic oxidation sites excluding steroid dienone is 2. The van der Waals surface area contributed by atoms with Crippen LogP contribution >= 0.6 is 0 Å². The molecule has 4 rings (SSSR count). The van der Waals surface area contributed by atoms with Crippen LogP contribution in [-0.2, 0) is 0 Å². The van der Waals surface area contributed by atoms with Crippen LogP contribution in [0.4, 0.5) is 0 Å². The van der Waals surface area contributed by atoms with E-state index in [1.165, 1.54) is 38.5 Å². The number of hydrogen-bond donors (Lipinski definition) is 2. The maximum atomic E-state index is 10.5. The number of hydrogen-bond acceptors (Lipinski definition) is 2. The summed E-state index contributed by atoms with van der Waals surface area (Å²) in [5, 5.41) is 20.7. The van der Waals surface area contributed by atoms with Crippen molar-refractivity contribution in [3.05, 3.63) is 11.6 Å². The van der Waals surface area contributed by atoms with Gasteiger partial charge >= 0.3 is 0 Å². The Hall–Kier alpha value is -0.340. The molecule has 2 nitrogen and oxygen atoms in total. The Morgan fingerprint density at radius 3 is 2.71 bits per heavy atom. The summed E-state index contributed by atoms with van der Waals surface area (Å²) in [6, 6.07) is 0. The fraction of sp³-hybridized carbons (Fsp3) is 0.895. The summed E-state index contributed by atoms with van der Waals surface area (Å²) in [6.45, 7) is 4.75. The van der Waals surface area contributed by atoms with E-state index >= 15 is 0 Å². The van der Waals surface area contributed by atoms with E-state index in [0.717, 1.165) is 18.8 Å². The minimum absolute atomic E-state index is 0.0447. The third kappa shape index (κ3) is 1.78. The highest BCUT2D eigenvalue weighted by Gasteiger charge is 2.60. The van der Waals surface area contributed by atoms with Crippen molar-refractivity contribution in [3.8, 4) is 0 Å². The molecule has 0 amide bonds. The molecule has 0 aromatic heterocycles. The number of fused-ring (bicyclic) bond motifs is 5. The van der Waals surface area contributed by atoms with Gasteiger partial charge < -0.3 is 10.2 Å². The maximum Gasteiger partial charge on any atom is 0.0855 e. The Balaban J connectivity index is 1.70. The second-order valence-electron chi connectivity index (χ2n) is 8.76. The van der Waals surface area contributed by atoms with Crippen LogP contribution in [0.1, 0.15) is 65.2 Å². The van der Waals surface area contributed by atoms with Gasteiger partial charge in [-0.25, -0.2) is 0 Å². The van der Waals surface area contributed by atoms with Crippen molar-refractivity contribution in [1.82, 2.24) is 0 Å². The van der Waals surface area contributed by atoms with Crippen molar-refractivity contribution >= 4 is 0 Å². The molecule has 2 heteroatoms. The zero-order valence-electron chi connectivity index (χ0n) is 13.5. The highest BCUT2D eigenvalue weighted by atomic mass is 16.3. The number of aliphatic hydroxyl groups is 2. The topological polar surface area (TPSA) is 40.5 Å². The largest absolute Gasteiger partial charge is 0.390 e. The molecule has 0 spiro atoms. The highest BCUT2D eigenvalue weighted by Crippen LogP contribution is 2.64. The average molecular weight is 290 g/mol. The van der Waals surface area contributed by atoms with Gasteiger partial charge in [0.15, 0.2) is 0 Å². The van der Waals surface area contributed by atoms with E-state index in [4.69, 9.17) is 0 Å². The Labute approximate surface area is 128 Å². The first kappa shape index (κ1) is 14.3. The SMILES string of the molecule is C[C@]12CC[C@H]3[C@@H](CC=C4CCCC[C@@]43C)[C@@H]1C[C@@H](O)[C@H]2O. The van der Waals surface area contributed by atoms with E-state index in [1.54, 1.807) is 5.57 Å². The van der Waals surface area contributed by atoms with E-state index in [0.29, 0.717) is 17.3 Å². The lowest BCUT2D eigenvalue weighted by molar-refractivity contribution is -0.0782. The zero-order chi connectivity index (χ0) is 14.8. The second kappa shape index (κ2) is 4.58. The lowest BCUT2D eigenvalue weighted by Gasteiger charge is -2.57. The molecule has 0 unspecified atom stereocenters. The summed E-state index contributed by atoms with van der Waals surface area (Å²) in [7, 11) is 0. The fourth-order valence-electron chi connectivity index (χ4n) is 6.69. The van der Waals surface area contributed by atoms with Crippen LogP contribution in [-0.4, -0.2) is 22.4 Å². The van der Waals surface area contributed by atoms with Gasteiger partial charge in [-0.2, -0.15) is 0 Å². The van der Waals surface area contributed by atoms with Crippen LogP contribution in [0.25, 0.3) is 0 Å². The molecule has 21 heavy (non-hydrogen) atoms. The van der Waals surface area contributed by atoms with Crippen LogP contribution in [0.2, 0.25) is 0 Å². The molecule has 4 aliphatic carbocycles. The highest BCUT2D eigenvalue weighted by molar-refractivity contribution is 5.24. The molecule has 0 aromatic carbocycles. The normalized spacial score (nSPS) is 56.2. The van der Waals surface area contributed by atoms with E-state index in [2.05, 4.69) is 19.9 Å². The molecular weight excluding hydrogens is 260 g/mol. The molecule has 0 aliphatic heterocycles. The predicted molar refractivity (Wildman–Crippen MR) is 83.7 cm³/mol. The predicted octanol–water partition coefficient (Wildman–Crippen LogP) is 3.67. The van der Waals surface area contributed by atoms with E-state index in [1.807, 2.05) is 0 Å². The summed E-state index contributed by atoms with van der Waals surface area (Å²) < 4.78 is 0. The van der Waals surface area contributed by atoms with Crippen LogP contribution in [0.5, 0.6) is 0 Å². The van der Waals surface area contributed by atoms with E-state index in [9.17, 15) is 10.2 Å². The van der Waals surface area contributed by atoms with Gasteiger partial charge in [-0.3, -0.25) is 0 Å². The van der Waals surface area contributed by atoms with Gasteiger partial charge in [0.25, 0.3) is 0 Å². The molecule has 0 saturated heterocycles. The van der Waals surface area contributed by atoms with Crippen LogP contribution in [0, 0.1) is 28.6 Å². The summed E-state index contributed by atoms with van der Waals surface area (Å²) in [5.74, 6) is 1.98. The first-order valence-electron chi connectivity index (χ1n) is 9.02. The van der Waals surface area contributed by atoms with E-state index < -0.39 is 12.2 Å². The molecule has 3 fully saturated rings. The van der Waals surface area contributed by atoms with Gasteiger partial charge in [-0.15, -0.1) is 0 Å². The number of rotatable bonds is 0. The monoisotopic (exact) mass is 290 g/mol. The minimum Gasteiger partial charge on any atom is -0.390 e. The van der Waals surface area contributed by atoms with Gasteiger partial charge in [0.2, 0.25) is 0 Å². The smallest absolute Gasteiger partial charge is 0.0855 e.